The van der Waals surface area contributed by atoms with Crippen LogP contribution in [0.2, 0.25) is 0 Å². The monoisotopic (exact) mass is 339 g/mol. The fourth-order valence-corrected chi connectivity index (χ4v) is 2.27. The van der Waals surface area contributed by atoms with Crippen molar-refractivity contribution in [2.24, 2.45) is 0 Å². The zero-order valence-corrected chi connectivity index (χ0v) is 13.1. The van der Waals surface area contributed by atoms with Gasteiger partial charge in [-0.25, -0.2) is 9.07 Å². The number of anilines is 1. The van der Waals surface area contributed by atoms with E-state index in [0.29, 0.717) is 11.4 Å². The summed E-state index contributed by atoms with van der Waals surface area (Å²) in [5.74, 6) is -2.33. The summed E-state index contributed by atoms with van der Waals surface area (Å²) in [4.78, 5) is 23.0. The second kappa shape index (κ2) is 6.52. The molecule has 8 heteroatoms. The molecule has 0 bridgehead atoms. The Labute approximate surface area is 141 Å². The van der Waals surface area contributed by atoms with E-state index in [1.165, 1.54) is 41.1 Å². The third-order valence-corrected chi connectivity index (χ3v) is 3.57. The first-order valence-corrected chi connectivity index (χ1v) is 7.27. The molecule has 0 atom stereocenters. The number of aromatic carboxylic acids is 1. The fourth-order valence-electron chi connectivity index (χ4n) is 2.27. The molecule has 7 nitrogen and oxygen atoms in total. The number of carbonyl (C=O) groups is 2. The normalized spacial score (nSPS) is 10.5. The van der Waals surface area contributed by atoms with E-state index in [1.54, 1.807) is 19.1 Å². The predicted octanol–water partition coefficient (Wildman–Crippen LogP) is 1.33. The number of nitrogens with zero attached hydrogens (tertiary/aromatic N) is 3. The van der Waals surface area contributed by atoms with Crippen LogP contribution in [0.25, 0.3) is 5.69 Å². The van der Waals surface area contributed by atoms with E-state index < -0.39 is 17.7 Å². The Bertz CT molecular complexity index is 951. The van der Waals surface area contributed by atoms with Gasteiger partial charge in [-0.15, -0.1) is 5.10 Å². The van der Waals surface area contributed by atoms with E-state index in [0.717, 1.165) is 0 Å². The average molecular weight is 339 g/mol. The number of carboxylic acid groups (broad SMARTS) is 1. The van der Waals surface area contributed by atoms with Gasteiger partial charge in [-0.2, -0.15) is 0 Å². The summed E-state index contributed by atoms with van der Waals surface area (Å²) in [5, 5.41) is 20.9. The first-order chi connectivity index (χ1) is 12.0. The van der Waals surface area contributed by atoms with Gasteiger partial charge in [0.15, 0.2) is 5.69 Å². The van der Waals surface area contributed by atoms with Crippen molar-refractivity contribution >= 4 is 17.6 Å². The lowest BCUT2D eigenvalue weighted by atomic mass is 10.2. The Hall–Kier alpha value is -3.55. The Morgan fingerprint density at radius 1 is 1.12 bits per heavy atom. The molecular weight excluding hydrogens is 327 g/mol. The maximum absolute atomic E-state index is 13.9. The number of carboxylic acids is 1. The van der Waals surface area contributed by atoms with Crippen LogP contribution in [-0.4, -0.2) is 26.9 Å². The largest absolute Gasteiger partial charge is 0.545 e. The maximum Gasteiger partial charge on any atom is 0.278 e. The molecule has 0 aliphatic carbocycles. The minimum absolute atomic E-state index is 0.000299. The molecule has 3 rings (SSSR count). The molecule has 0 aliphatic rings. The molecule has 0 spiro atoms. The zero-order valence-electron chi connectivity index (χ0n) is 13.1. The zero-order chi connectivity index (χ0) is 18.0. The van der Waals surface area contributed by atoms with Crippen LogP contribution in [0.5, 0.6) is 0 Å². The number of rotatable bonds is 4. The van der Waals surface area contributed by atoms with Crippen molar-refractivity contribution in [3.63, 3.8) is 0 Å². The smallest absolute Gasteiger partial charge is 0.278 e. The van der Waals surface area contributed by atoms with Crippen LogP contribution in [0.3, 0.4) is 0 Å². The number of para-hydroxylation sites is 1. The summed E-state index contributed by atoms with van der Waals surface area (Å²) < 4.78 is 15.1. The van der Waals surface area contributed by atoms with Gasteiger partial charge in [0.1, 0.15) is 11.5 Å². The highest BCUT2D eigenvalue weighted by molar-refractivity contribution is 6.03. The lowest BCUT2D eigenvalue weighted by Crippen LogP contribution is -2.22. The van der Waals surface area contributed by atoms with Crippen LogP contribution in [-0.2, 0) is 0 Å². The number of hydrogen-bond acceptors (Lipinski definition) is 5. The van der Waals surface area contributed by atoms with E-state index in [2.05, 4.69) is 15.6 Å². The first-order valence-electron chi connectivity index (χ1n) is 7.27. The molecule has 0 aliphatic heterocycles. The van der Waals surface area contributed by atoms with Crippen LogP contribution in [0, 0.1) is 12.7 Å². The number of benzene rings is 2. The van der Waals surface area contributed by atoms with E-state index in [9.17, 15) is 19.1 Å². The van der Waals surface area contributed by atoms with Crippen molar-refractivity contribution in [3.05, 3.63) is 71.3 Å². The fraction of sp³-hybridized carbons (Fsp3) is 0.0588. The minimum Gasteiger partial charge on any atom is -0.545 e. The van der Waals surface area contributed by atoms with Crippen molar-refractivity contribution in [3.8, 4) is 5.69 Å². The van der Waals surface area contributed by atoms with Gasteiger partial charge in [-0.3, -0.25) is 4.79 Å². The SMILES string of the molecule is Cc1c(C(=O)Nc2ccc(C(=O)[O-])cc2)nnn1-c1ccccc1F. The molecule has 3 aromatic rings. The van der Waals surface area contributed by atoms with Gasteiger partial charge >= 0.3 is 0 Å². The van der Waals surface area contributed by atoms with Crippen LogP contribution in [0.1, 0.15) is 26.5 Å². The molecule has 0 unspecified atom stereocenters. The molecule has 1 heterocycles. The van der Waals surface area contributed by atoms with Crippen molar-refractivity contribution in [2.75, 3.05) is 5.32 Å². The van der Waals surface area contributed by atoms with Crippen molar-refractivity contribution in [2.45, 2.75) is 6.92 Å². The summed E-state index contributed by atoms with van der Waals surface area (Å²) in [6.45, 7) is 1.60. The summed E-state index contributed by atoms with van der Waals surface area (Å²) in [7, 11) is 0. The van der Waals surface area contributed by atoms with E-state index >= 15 is 0 Å². The molecule has 126 valence electrons. The third-order valence-electron chi connectivity index (χ3n) is 3.57. The molecule has 1 aromatic heterocycles. The van der Waals surface area contributed by atoms with Crippen LogP contribution in [0.4, 0.5) is 10.1 Å². The molecule has 0 radical (unpaired) electrons. The van der Waals surface area contributed by atoms with Gasteiger partial charge in [0.2, 0.25) is 0 Å². The van der Waals surface area contributed by atoms with Gasteiger partial charge in [0, 0.05) is 5.69 Å². The molecule has 1 N–H and O–H groups in total. The Morgan fingerprint density at radius 3 is 2.44 bits per heavy atom. The van der Waals surface area contributed by atoms with Crippen LogP contribution >= 0.6 is 0 Å². The maximum atomic E-state index is 13.9. The first kappa shape index (κ1) is 16.3. The van der Waals surface area contributed by atoms with E-state index in [-0.39, 0.29) is 16.9 Å². The van der Waals surface area contributed by atoms with Gasteiger partial charge in [-0.1, -0.05) is 29.5 Å². The van der Waals surface area contributed by atoms with Crippen molar-refractivity contribution < 1.29 is 19.1 Å². The minimum atomic E-state index is -1.30. The number of hydrogen-bond donors (Lipinski definition) is 1. The van der Waals surface area contributed by atoms with Crippen LogP contribution in [0.15, 0.2) is 48.5 Å². The average Bonchev–Trinajstić information content (AvgIpc) is 2.97. The van der Waals surface area contributed by atoms with Gasteiger partial charge in [0.05, 0.1) is 11.7 Å². The Kier molecular flexibility index (Phi) is 4.25. The number of amides is 1. The lowest BCUT2D eigenvalue weighted by Gasteiger charge is -2.07. The van der Waals surface area contributed by atoms with Gasteiger partial charge < -0.3 is 15.2 Å². The summed E-state index contributed by atoms with van der Waals surface area (Å²) >= 11 is 0. The number of carbonyl (C=O) groups excluding carboxylic acids is 2. The van der Waals surface area contributed by atoms with E-state index in [4.69, 9.17) is 0 Å². The highest BCUT2D eigenvalue weighted by Crippen LogP contribution is 2.17. The highest BCUT2D eigenvalue weighted by Gasteiger charge is 2.18. The van der Waals surface area contributed by atoms with Crippen molar-refractivity contribution in [1.29, 1.82) is 0 Å². The molecule has 0 fully saturated rings. The molecule has 2 aromatic carbocycles. The second-order valence-electron chi connectivity index (χ2n) is 5.21. The van der Waals surface area contributed by atoms with Gasteiger partial charge in [0.25, 0.3) is 5.91 Å². The lowest BCUT2D eigenvalue weighted by molar-refractivity contribution is -0.255. The molecule has 0 saturated heterocycles. The van der Waals surface area contributed by atoms with Gasteiger partial charge in [-0.05, 0) is 36.8 Å². The third kappa shape index (κ3) is 3.23. The highest BCUT2D eigenvalue weighted by atomic mass is 19.1. The molecule has 1 amide bonds. The Morgan fingerprint density at radius 2 is 1.80 bits per heavy atom. The van der Waals surface area contributed by atoms with Crippen molar-refractivity contribution in [1.82, 2.24) is 15.0 Å². The predicted molar refractivity (Wildman–Crippen MR) is 84.8 cm³/mol. The number of nitrogens with one attached hydrogen (secondary N) is 1. The topological polar surface area (TPSA) is 99.9 Å². The number of aromatic nitrogens is 3. The second-order valence-corrected chi connectivity index (χ2v) is 5.21. The van der Waals surface area contributed by atoms with Crippen LogP contribution < -0.4 is 10.4 Å². The van der Waals surface area contributed by atoms with E-state index in [1.807, 2.05) is 0 Å². The Balaban J connectivity index is 1.84. The molecule has 25 heavy (non-hydrogen) atoms. The summed E-state index contributed by atoms with van der Waals surface area (Å²) in [6.07, 6.45) is 0. The standard InChI is InChI=1S/C17H13FN4O3/c1-10-15(20-21-22(10)14-5-3-2-4-13(14)18)16(23)19-12-8-6-11(7-9-12)17(24)25/h2-9H,1H3,(H,19,23)(H,24,25)/p-1. The summed E-state index contributed by atoms with van der Waals surface area (Å²) in [6, 6.07) is 11.5. The summed E-state index contributed by atoms with van der Waals surface area (Å²) in [5.41, 5.74) is 0.973. The molecular formula is C17H12FN4O3-. The molecule has 0 saturated carbocycles. The number of halogens is 1. The quantitative estimate of drug-likeness (QED) is 0.773.